The van der Waals surface area contributed by atoms with Crippen molar-refractivity contribution in [2.45, 2.75) is 0 Å². The Morgan fingerprint density at radius 3 is 2.61 bits per heavy atom. The molecule has 5 nitrogen and oxygen atoms in total. The fourth-order valence-electron chi connectivity index (χ4n) is 1.14. The van der Waals surface area contributed by atoms with Crippen LogP contribution in [0.1, 0.15) is 5.56 Å². The van der Waals surface area contributed by atoms with Crippen molar-refractivity contribution in [3.8, 4) is 5.75 Å². The Hall–Kier alpha value is -1.25. The maximum Gasteiger partial charge on any atom is 0.347 e. The maximum absolute atomic E-state index is 13.8. The molecule has 0 radical (unpaired) electrons. The number of ether oxygens (including phenoxy) is 1. The van der Waals surface area contributed by atoms with Crippen LogP contribution in [0.2, 0.25) is 0 Å². The zero-order valence-corrected chi connectivity index (χ0v) is 11.4. The lowest BCUT2D eigenvalue weighted by Gasteiger charge is -2.06. The first-order valence-electron chi connectivity index (χ1n) is 4.46. The lowest BCUT2D eigenvalue weighted by molar-refractivity contribution is -0.131. The predicted molar refractivity (Wildman–Crippen MR) is 67.0 cm³/mol. The number of halogens is 2. The molecule has 0 fully saturated rings. The molecule has 0 heterocycles. The van der Waals surface area contributed by atoms with Gasteiger partial charge >= 0.3 is 5.97 Å². The average molecular weight is 339 g/mol. The first kappa shape index (κ1) is 14.8. The zero-order chi connectivity index (χ0) is 13.9. The standard InChI is InChI=1S/C10H8BrFO5S/c1-17-6-3-2-5(9(12)8(6)11)4-7(10(13)14)18(15)16/h2-4H,1H3,(H,13,14)(H,15,16)/b7-4-. The van der Waals surface area contributed by atoms with Crippen molar-refractivity contribution >= 4 is 39.1 Å². The van der Waals surface area contributed by atoms with E-state index in [0.29, 0.717) is 0 Å². The van der Waals surface area contributed by atoms with Gasteiger partial charge in [-0.05, 0) is 34.1 Å². The van der Waals surface area contributed by atoms with Crippen LogP contribution in [0.5, 0.6) is 5.75 Å². The fraction of sp³-hybridized carbons (Fsp3) is 0.100. The summed E-state index contributed by atoms with van der Waals surface area (Å²) in [5.41, 5.74) is -0.137. The molecule has 0 aromatic heterocycles. The quantitative estimate of drug-likeness (QED) is 0.649. The number of carbonyl (C=O) groups is 1. The summed E-state index contributed by atoms with van der Waals surface area (Å²) < 4.78 is 38.2. The molecular formula is C10H8BrFO5S. The van der Waals surface area contributed by atoms with Crippen LogP contribution in [0.4, 0.5) is 4.39 Å². The Balaban J connectivity index is 3.35. The second-order valence-corrected chi connectivity index (χ2v) is 4.78. The van der Waals surface area contributed by atoms with Crippen molar-refractivity contribution in [2.75, 3.05) is 7.11 Å². The minimum Gasteiger partial charge on any atom is -0.495 e. The van der Waals surface area contributed by atoms with Gasteiger partial charge in [0.2, 0.25) is 0 Å². The number of methoxy groups -OCH3 is 1. The Labute approximate surface area is 113 Å². The number of rotatable bonds is 4. The number of hydrogen-bond acceptors (Lipinski definition) is 3. The summed E-state index contributed by atoms with van der Waals surface area (Å²) in [6.07, 6.45) is 0.790. The monoisotopic (exact) mass is 338 g/mol. The van der Waals surface area contributed by atoms with Gasteiger partial charge in [0.1, 0.15) is 11.6 Å². The van der Waals surface area contributed by atoms with Crippen LogP contribution in [-0.2, 0) is 15.9 Å². The second-order valence-electron chi connectivity index (χ2n) is 3.05. The van der Waals surface area contributed by atoms with Crippen LogP contribution < -0.4 is 4.74 Å². The smallest absolute Gasteiger partial charge is 0.347 e. The number of aliphatic carboxylic acids is 1. The molecule has 18 heavy (non-hydrogen) atoms. The molecular weight excluding hydrogens is 331 g/mol. The Bertz CT molecular complexity index is 527. The summed E-state index contributed by atoms with van der Waals surface area (Å²) in [5.74, 6) is -2.15. The number of carboxylic acids is 1. The highest BCUT2D eigenvalue weighted by Gasteiger charge is 2.17. The van der Waals surface area contributed by atoms with E-state index >= 15 is 0 Å². The SMILES string of the molecule is COc1ccc(/C=C(/C(=O)O)S(=O)O)c(F)c1Br. The zero-order valence-electron chi connectivity index (χ0n) is 9.02. The van der Waals surface area contributed by atoms with Crippen molar-refractivity contribution in [1.29, 1.82) is 0 Å². The first-order chi connectivity index (χ1) is 8.38. The fourth-order valence-corrected chi connectivity index (χ4v) is 2.04. The lowest BCUT2D eigenvalue weighted by Crippen LogP contribution is -2.06. The summed E-state index contributed by atoms with van der Waals surface area (Å²) in [5, 5.41) is 8.69. The van der Waals surface area contributed by atoms with E-state index < -0.39 is 27.8 Å². The highest BCUT2D eigenvalue weighted by molar-refractivity contribution is 9.10. The first-order valence-corrected chi connectivity index (χ1v) is 6.36. The van der Waals surface area contributed by atoms with Crippen LogP contribution in [0.3, 0.4) is 0 Å². The lowest BCUT2D eigenvalue weighted by atomic mass is 10.2. The van der Waals surface area contributed by atoms with Gasteiger partial charge in [0.15, 0.2) is 16.0 Å². The minimum absolute atomic E-state index is 0.00668. The summed E-state index contributed by atoms with van der Waals surface area (Å²) in [7, 11) is 1.35. The van der Waals surface area contributed by atoms with E-state index in [-0.39, 0.29) is 15.8 Å². The number of carboxylic acid groups (broad SMARTS) is 1. The molecule has 98 valence electrons. The highest BCUT2D eigenvalue weighted by Crippen LogP contribution is 2.30. The molecule has 8 heteroatoms. The molecule has 0 spiro atoms. The largest absolute Gasteiger partial charge is 0.495 e. The Kier molecular flexibility index (Phi) is 5.00. The van der Waals surface area contributed by atoms with Crippen molar-refractivity contribution in [2.24, 2.45) is 0 Å². The van der Waals surface area contributed by atoms with E-state index in [0.717, 1.165) is 6.08 Å². The third-order valence-electron chi connectivity index (χ3n) is 1.98. The molecule has 0 saturated heterocycles. The van der Waals surface area contributed by atoms with E-state index in [2.05, 4.69) is 15.9 Å². The van der Waals surface area contributed by atoms with E-state index in [1.165, 1.54) is 19.2 Å². The van der Waals surface area contributed by atoms with Crippen molar-refractivity contribution in [3.63, 3.8) is 0 Å². The topological polar surface area (TPSA) is 83.8 Å². The summed E-state index contributed by atoms with van der Waals surface area (Å²) in [6, 6.07) is 2.65. The van der Waals surface area contributed by atoms with Crippen molar-refractivity contribution in [1.82, 2.24) is 0 Å². The van der Waals surface area contributed by atoms with Crippen LogP contribution >= 0.6 is 15.9 Å². The molecule has 0 amide bonds. The van der Waals surface area contributed by atoms with Gasteiger partial charge < -0.3 is 14.4 Å². The third kappa shape index (κ3) is 3.15. The van der Waals surface area contributed by atoms with Gasteiger partial charge in [0.25, 0.3) is 0 Å². The molecule has 0 aliphatic heterocycles. The molecule has 1 atom stereocenters. The van der Waals surface area contributed by atoms with Gasteiger partial charge in [-0.25, -0.2) is 13.4 Å². The van der Waals surface area contributed by atoms with E-state index in [1.807, 2.05) is 0 Å². The maximum atomic E-state index is 13.8. The second kappa shape index (κ2) is 6.07. The molecule has 0 aliphatic carbocycles. The molecule has 1 aromatic carbocycles. The predicted octanol–water partition coefficient (Wildman–Crippen LogP) is 2.24. The molecule has 2 N–H and O–H groups in total. The van der Waals surface area contributed by atoms with Gasteiger partial charge in [-0.2, -0.15) is 0 Å². The van der Waals surface area contributed by atoms with E-state index in [9.17, 15) is 13.4 Å². The molecule has 1 unspecified atom stereocenters. The summed E-state index contributed by atoms with van der Waals surface area (Å²) in [4.78, 5) is 9.87. The van der Waals surface area contributed by atoms with Crippen LogP contribution in [0.15, 0.2) is 21.5 Å². The van der Waals surface area contributed by atoms with Gasteiger partial charge in [-0.3, -0.25) is 0 Å². The van der Waals surface area contributed by atoms with E-state index in [1.54, 1.807) is 0 Å². The minimum atomic E-state index is -2.71. The highest BCUT2D eigenvalue weighted by atomic mass is 79.9. The van der Waals surface area contributed by atoms with Crippen LogP contribution in [0, 0.1) is 5.82 Å². The van der Waals surface area contributed by atoms with Crippen molar-refractivity contribution < 1.29 is 27.8 Å². The Morgan fingerprint density at radius 2 is 2.17 bits per heavy atom. The molecule has 0 aliphatic rings. The van der Waals surface area contributed by atoms with Gasteiger partial charge in [-0.1, -0.05) is 0 Å². The van der Waals surface area contributed by atoms with Crippen molar-refractivity contribution in [3.05, 3.63) is 32.9 Å². The number of hydrogen-bond donors (Lipinski definition) is 2. The number of benzene rings is 1. The van der Waals surface area contributed by atoms with Gasteiger partial charge in [0.05, 0.1) is 11.6 Å². The van der Waals surface area contributed by atoms with Crippen LogP contribution in [-0.4, -0.2) is 26.9 Å². The van der Waals surface area contributed by atoms with E-state index in [4.69, 9.17) is 14.4 Å². The summed E-state index contributed by atoms with van der Waals surface area (Å²) in [6.45, 7) is 0. The molecule has 0 saturated carbocycles. The molecule has 1 rings (SSSR count). The molecule has 1 aromatic rings. The Morgan fingerprint density at radius 1 is 1.56 bits per heavy atom. The average Bonchev–Trinajstić information content (AvgIpc) is 2.30. The van der Waals surface area contributed by atoms with Crippen LogP contribution in [0.25, 0.3) is 6.08 Å². The summed E-state index contributed by atoms with van der Waals surface area (Å²) >= 11 is 0.233. The molecule has 0 bridgehead atoms. The van der Waals surface area contributed by atoms with Gasteiger partial charge in [-0.15, -0.1) is 0 Å². The third-order valence-corrected chi connectivity index (χ3v) is 3.39. The normalized spacial score (nSPS) is 13.2. The van der Waals surface area contributed by atoms with Gasteiger partial charge in [0, 0.05) is 5.56 Å².